The Labute approximate surface area is 89.3 Å². The molecule has 0 radical (unpaired) electrons. The van der Waals surface area contributed by atoms with Crippen LogP contribution < -0.4 is 4.74 Å². The van der Waals surface area contributed by atoms with E-state index in [4.69, 9.17) is 16.3 Å². The minimum absolute atomic E-state index is 0.702. The van der Waals surface area contributed by atoms with Gasteiger partial charge >= 0.3 is 0 Å². The lowest BCUT2D eigenvalue weighted by Gasteiger charge is -2.06. The standard InChI is InChI=1S/C12H13ClO/c1-2-9-5-11(13)7-12(6-9)14-8-10-3-4-10/h2,5-7,10H,1,3-4,8H2. The van der Waals surface area contributed by atoms with E-state index in [-0.39, 0.29) is 0 Å². The summed E-state index contributed by atoms with van der Waals surface area (Å²) in [5.41, 5.74) is 1.00. The van der Waals surface area contributed by atoms with Crippen LogP contribution in [0.3, 0.4) is 0 Å². The molecule has 1 aliphatic rings. The van der Waals surface area contributed by atoms with Gasteiger partial charge in [0.1, 0.15) is 5.75 Å². The van der Waals surface area contributed by atoms with E-state index in [0.29, 0.717) is 5.02 Å². The van der Waals surface area contributed by atoms with Crippen LogP contribution in [0.15, 0.2) is 24.8 Å². The molecule has 1 aliphatic carbocycles. The molecule has 1 fully saturated rings. The fraction of sp³-hybridized carbons (Fsp3) is 0.333. The van der Waals surface area contributed by atoms with Crippen molar-refractivity contribution in [3.8, 4) is 5.75 Å². The first-order valence-corrected chi connectivity index (χ1v) is 5.21. The van der Waals surface area contributed by atoms with Gasteiger partial charge in [0.25, 0.3) is 0 Å². The van der Waals surface area contributed by atoms with E-state index in [1.54, 1.807) is 6.08 Å². The van der Waals surface area contributed by atoms with Gasteiger partial charge < -0.3 is 4.74 Å². The van der Waals surface area contributed by atoms with Crippen LogP contribution in [0.4, 0.5) is 0 Å². The summed E-state index contributed by atoms with van der Waals surface area (Å²) >= 11 is 5.93. The lowest BCUT2D eigenvalue weighted by molar-refractivity contribution is 0.300. The predicted molar refractivity (Wildman–Crippen MR) is 59.8 cm³/mol. The highest BCUT2D eigenvalue weighted by Gasteiger charge is 2.21. The summed E-state index contributed by atoms with van der Waals surface area (Å²) in [6, 6.07) is 5.68. The molecule has 1 saturated carbocycles. The highest BCUT2D eigenvalue weighted by molar-refractivity contribution is 6.30. The van der Waals surface area contributed by atoms with Crippen LogP contribution in [0.25, 0.3) is 6.08 Å². The van der Waals surface area contributed by atoms with Crippen LogP contribution in [-0.4, -0.2) is 6.61 Å². The van der Waals surface area contributed by atoms with E-state index in [1.807, 2.05) is 18.2 Å². The van der Waals surface area contributed by atoms with Crippen molar-refractivity contribution in [1.82, 2.24) is 0 Å². The van der Waals surface area contributed by atoms with Crippen molar-refractivity contribution in [1.29, 1.82) is 0 Å². The first-order chi connectivity index (χ1) is 6.78. The van der Waals surface area contributed by atoms with Gasteiger partial charge in [-0.1, -0.05) is 24.3 Å². The predicted octanol–water partition coefficient (Wildman–Crippen LogP) is 3.77. The molecule has 0 unspecified atom stereocenters. The smallest absolute Gasteiger partial charge is 0.121 e. The van der Waals surface area contributed by atoms with Gasteiger partial charge in [0, 0.05) is 5.02 Å². The normalized spacial score (nSPS) is 15.2. The first-order valence-electron chi connectivity index (χ1n) is 4.84. The van der Waals surface area contributed by atoms with Crippen molar-refractivity contribution < 1.29 is 4.74 Å². The third-order valence-corrected chi connectivity index (χ3v) is 2.53. The van der Waals surface area contributed by atoms with Gasteiger partial charge in [-0.3, -0.25) is 0 Å². The molecule has 2 heteroatoms. The third-order valence-electron chi connectivity index (χ3n) is 2.31. The number of halogens is 1. The average molecular weight is 209 g/mol. The van der Waals surface area contributed by atoms with E-state index in [1.165, 1.54) is 12.8 Å². The maximum absolute atomic E-state index is 5.93. The lowest BCUT2D eigenvalue weighted by Crippen LogP contribution is -1.98. The topological polar surface area (TPSA) is 9.23 Å². The number of hydrogen-bond acceptors (Lipinski definition) is 1. The molecule has 2 rings (SSSR count). The van der Waals surface area contributed by atoms with Crippen molar-refractivity contribution >= 4 is 17.7 Å². The molecular weight excluding hydrogens is 196 g/mol. The molecule has 0 N–H and O–H groups in total. The quantitative estimate of drug-likeness (QED) is 0.732. The Kier molecular flexibility index (Phi) is 2.78. The SMILES string of the molecule is C=Cc1cc(Cl)cc(OCC2CC2)c1. The summed E-state index contributed by atoms with van der Waals surface area (Å²) in [7, 11) is 0. The van der Waals surface area contributed by atoms with Gasteiger partial charge in [-0.2, -0.15) is 0 Å². The number of rotatable bonds is 4. The van der Waals surface area contributed by atoms with Crippen molar-refractivity contribution in [2.24, 2.45) is 5.92 Å². The zero-order chi connectivity index (χ0) is 9.97. The Morgan fingerprint density at radius 1 is 1.43 bits per heavy atom. The van der Waals surface area contributed by atoms with E-state index in [9.17, 15) is 0 Å². The highest BCUT2D eigenvalue weighted by Crippen LogP contribution is 2.30. The van der Waals surface area contributed by atoms with Crippen molar-refractivity contribution in [3.05, 3.63) is 35.4 Å². The van der Waals surface area contributed by atoms with E-state index < -0.39 is 0 Å². The molecule has 74 valence electrons. The molecule has 0 saturated heterocycles. The van der Waals surface area contributed by atoms with Crippen LogP contribution in [0.2, 0.25) is 5.02 Å². The molecule has 1 nitrogen and oxygen atoms in total. The number of hydrogen-bond donors (Lipinski definition) is 0. The van der Waals surface area contributed by atoms with Crippen molar-refractivity contribution in [2.45, 2.75) is 12.8 Å². The highest BCUT2D eigenvalue weighted by atomic mass is 35.5. The second-order valence-corrected chi connectivity index (χ2v) is 4.12. The summed E-state index contributed by atoms with van der Waals surface area (Å²) < 4.78 is 5.62. The van der Waals surface area contributed by atoms with Crippen molar-refractivity contribution in [2.75, 3.05) is 6.61 Å². The molecule has 0 amide bonds. The Bertz CT molecular complexity index is 342. The van der Waals surface area contributed by atoms with Gasteiger partial charge in [0.2, 0.25) is 0 Å². The van der Waals surface area contributed by atoms with Crippen LogP contribution >= 0.6 is 11.6 Å². The number of benzene rings is 1. The van der Waals surface area contributed by atoms with Gasteiger partial charge in [0.05, 0.1) is 6.61 Å². The van der Waals surface area contributed by atoms with Gasteiger partial charge in [0.15, 0.2) is 0 Å². The Morgan fingerprint density at radius 3 is 2.86 bits per heavy atom. The molecule has 0 heterocycles. The summed E-state index contributed by atoms with van der Waals surface area (Å²) in [5.74, 6) is 1.61. The van der Waals surface area contributed by atoms with E-state index >= 15 is 0 Å². The molecule has 0 bridgehead atoms. The second-order valence-electron chi connectivity index (χ2n) is 3.68. The van der Waals surface area contributed by atoms with Crippen LogP contribution in [0.1, 0.15) is 18.4 Å². The van der Waals surface area contributed by atoms with Gasteiger partial charge in [-0.25, -0.2) is 0 Å². The fourth-order valence-electron chi connectivity index (χ4n) is 1.28. The molecule has 14 heavy (non-hydrogen) atoms. The lowest BCUT2D eigenvalue weighted by atomic mass is 10.2. The fourth-order valence-corrected chi connectivity index (χ4v) is 1.52. The first kappa shape index (κ1) is 9.60. The summed E-state index contributed by atoms with van der Waals surface area (Å²) in [4.78, 5) is 0. The zero-order valence-electron chi connectivity index (χ0n) is 8.00. The Balaban J connectivity index is 2.06. The monoisotopic (exact) mass is 208 g/mol. The maximum atomic E-state index is 5.93. The van der Waals surface area contributed by atoms with Gasteiger partial charge in [-0.05, 0) is 42.5 Å². The maximum Gasteiger partial charge on any atom is 0.121 e. The average Bonchev–Trinajstić information content (AvgIpc) is 2.97. The molecule has 0 aliphatic heterocycles. The van der Waals surface area contributed by atoms with E-state index in [0.717, 1.165) is 23.8 Å². The molecule has 1 aromatic rings. The zero-order valence-corrected chi connectivity index (χ0v) is 8.76. The minimum atomic E-state index is 0.702. The Morgan fingerprint density at radius 2 is 2.21 bits per heavy atom. The molecule has 0 aromatic heterocycles. The molecule has 0 spiro atoms. The Hall–Kier alpha value is -0.950. The van der Waals surface area contributed by atoms with Crippen molar-refractivity contribution in [3.63, 3.8) is 0 Å². The molecular formula is C12H13ClO. The second kappa shape index (κ2) is 4.05. The third kappa shape index (κ3) is 2.52. The minimum Gasteiger partial charge on any atom is -0.493 e. The van der Waals surface area contributed by atoms with Crippen LogP contribution in [0.5, 0.6) is 5.75 Å². The van der Waals surface area contributed by atoms with Crippen LogP contribution in [0, 0.1) is 5.92 Å². The summed E-state index contributed by atoms with van der Waals surface area (Å²) in [5, 5.41) is 0.702. The number of ether oxygens (including phenoxy) is 1. The van der Waals surface area contributed by atoms with Crippen LogP contribution in [-0.2, 0) is 0 Å². The molecule has 1 aromatic carbocycles. The summed E-state index contributed by atoms with van der Waals surface area (Å²) in [6.07, 6.45) is 4.37. The van der Waals surface area contributed by atoms with Gasteiger partial charge in [-0.15, -0.1) is 0 Å². The largest absolute Gasteiger partial charge is 0.493 e. The summed E-state index contributed by atoms with van der Waals surface area (Å²) in [6.45, 7) is 4.52. The molecule has 0 atom stereocenters. The van der Waals surface area contributed by atoms with E-state index in [2.05, 4.69) is 6.58 Å².